The van der Waals surface area contributed by atoms with Gasteiger partial charge in [-0.25, -0.2) is 4.98 Å². The largest absolute Gasteiger partial charge is 0.356 e. The first-order chi connectivity index (χ1) is 16.8. The lowest BCUT2D eigenvalue weighted by Gasteiger charge is -2.41. The zero-order valence-corrected chi connectivity index (χ0v) is 21.9. The van der Waals surface area contributed by atoms with Gasteiger partial charge in [0.1, 0.15) is 5.82 Å². The summed E-state index contributed by atoms with van der Waals surface area (Å²) in [6, 6.07) is 0.138. The van der Waals surface area contributed by atoms with E-state index in [1.54, 1.807) is 0 Å². The molecule has 6 nitrogen and oxygen atoms in total. The molecule has 1 aromatic rings. The van der Waals surface area contributed by atoms with Gasteiger partial charge in [-0.05, 0) is 64.3 Å². The molecular weight excluding hydrogens is 420 g/mol. The van der Waals surface area contributed by atoms with Crippen LogP contribution in [-0.4, -0.2) is 48.4 Å². The highest BCUT2D eigenvalue weighted by atomic mass is 15.4. The van der Waals surface area contributed by atoms with E-state index in [2.05, 4.69) is 22.0 Å². The number of hydrogen-bond donors (Lipinski definition) is 2. The predicted molar refractivity (Wildman–Crippen MR) is 144 cm³/mol. The average Bonchev–Trinajstić information content (AvgIpc) is 3.15. The third kappa shape index (κ3) is 6.84. The number of anilines is 2. The van der Waals surface area contributed by atoms with Gasteiger partial charge < -0.3 is 15.5 Å². The lowest BCUT2D eigenvalue weighted by molar-refractivity contribution is 0.339. The highest BCUT2D eigenvalue weighted by molar-refractivity contribution is 5.55. The van der Waals surface area contributed by atoms with Gasteiger partial charge in [0.15, 0.2) is 0 Å². The van der Waals surface area contributed by atoms with Crippen molar-refractivity contribution in [2.45, 2.75) is 128 Å². The van der Waals surface area contributed by atoms with Gasteiger partial charge in [0.05, 0.1) is 11.9 Å². The van der Waals surface area contributed by atoms with Crippen LogP contribution in [0, 0.1) is 0 Å². The Morgan fingerprint density at radius 3 is 2.35 bits per heavy atom. The molecule has 1 aromatic heterocycles. The number of nitrogens with one attached hydrogen (secondary N) is 1. The fourth-order valence-electron chi connectivity index (χ4n) is 6.08. The molecule has 34 heavy (non-hydrogen) atoms. The van der Waals surface area contributed by atoms with Crippen molar-refractivity contribution in [3.8, 4) is 0 Å². The van der Waals surface area contributed by atoms with E-state index in [1.165, 1.54) is 101 Å². The molecule has 0 spiro atoms. The quantitative estimate of drug-likeness (QED) is 0.426. The number of fused-ring (bicyclic) bond motifs is 1. The molecule has 2 fully saturated rings. The molecule has 2 unspecified atom stereocenters. The van der Waals surface area contributed by atoms with Crippen molar-refractivity contribution >= 4 is 11.8 Å². The third-order valence-corrected chi connectivity index (χ3v) is 8.12. The molecule has 0 radical (unpaired) electrons. The van der Waals surface area contributed by atoms with Gasteiger partial charge in [0.25, 0.3) is 0 Å². The monoisotopic (exact) mass is 470 g/mol. The van der Waals surface area contributed by atoms with Crippen LogP contribution in [0.1, 0.15) is 114 Å². The second kappa shape index (κ2) is 13.6. The van der Waals surface area contributed by atoms with Gasteiger partial charge in [-0.1, -0.05) is 58.3 Å². The second-order valence-corrected chi connectivity index (χ2v) is 10.9. The molecule has 0 aromatic carbocycles. The van der Waals surface area contributed by atoms with Gasteiger partial charge >= 0.3 is 0 Å². The number of unbranched alkanes of at least 4 members (excludes halogenated alkanes) is 6. The van der Waals surface area contributed by atoms with Crippen molar-refractivity contribution < 1.29 is 0 Å². The van der Waals surface area contributed by atoms with Crippen LogP contribution in [0.25, 0.3) is 0 Å². The van der Waals surface area contributed by atoms with Crippen LogP contribution >= 0.6 is 0 Å². The number of rotatable bonds is 11. The molecule has 0 bridgehead atoms. The summed E-state index contributed by atoms with van der Waals surface area (Å²) in [6.45, 7) is 6.60. The lowest BCUT2D eigenvalue weighted by Crippen LogP contribution is -2.60. The molecule has 4 rings (SSSR count). The number of hydrogen-bond acceptors (Lipinski definition) is 6. The van der Waals surface area contributed by atoms with Crippen molar-refractivity contribution in [2.24, 2.45) is 5.73 Å². The molecule has 0 saturated carbocycles. The van der Waals surface area contributed by atoms with Crippen molar-refractivity contribution in [1.82, 2.24) is 15.3 Å². The van der Waals surface area contributed by atoms with Gasteiger partial charge in [-0.3, -0.25) is 5.32 Å². The van der Waals surface area contributed by atoms with Crippen LogP contribution in [0.15, 0.2) is 0 Å². The number of nitrogens with zero attached hydrogens (tertiary/aromatic N) is 4. The number of aromatic nitrogens is 2. The van der Waals surface area contributed by atoms with Crippen LogP contribution in [0.5, 0.6) is 0 Å². The molecule has 2 aliphatic heterocycles. The minimum Gasteiger partial charge on any atom is -0.356 e. The minimum absolute atomic E-state index is 0.138. The standard InChI is InChI=1S/C28H50N6/c1-2-3-4-5-6-7-12-19-30-27-24(29)17-15-22-34(27)28-31-25-18-11-10-16-23(25)26(32-28)33-20-13-8-9-14-21-33/h24,27,30H,2-22,29H2,1H3. The highest BCUT2D eigenvalue weighted by Crippen LogP contribution is 2.32. The molecule has 0 amide bonds. The Morgan fingerprint density at radius 1 is 0.824 bits per heavy atom. The van der Waals surface area contributed by atoms with E-state index in [0.29, 0.717) is 0 Å². The Labute approximate surface area is 208 Å². The van der Waals surface area contributed by atoms with E-state index >= 15 is 0 Å². The summed E-state index contributed by atoms with van der Waals surface area (Å²) in [5, 5.41) is 3.82. The van der Waals surface area contributed by atoms with E-state index in [0.717, 1.165) is 57.8 Å². The Bertz CT molecular complexity index is 730. The summed E-state index contributed by atoms with van der Waals surface area (Å²) in [5.74, 6) is 2.17. The average molecular weight is 471 g/mol. The van der Waals surface area contributed by atoms with E-state index in [1.807, 2.05) is 0 Å². The Hall–Kier alpha value is -1.40. The molecule has 2 atom stereocenters. The first-order valence-electron chi connectivity index (χ1n) is 14.7. The second-order valence-electron chi connectivity index (χ2n) is 10.9. The van der Waals surface area contributed by atoms with Gasteiger partial charge in [-0.15, -0.1) is 0 Å². The molecule has 6 heteroatoms. The van der Waals surface area contributed by atoms with Gasteiger partial charge in [0, 0.05) is 31.2 Å². The summed E-state index contributed by atoms with van der Waals surface area (Å²) < 4.78 is 0. The summed E-state index contributed by atoms with van der Waals surface area (Å²) in [4.78, 5) is 15.5. The number of aryl methyl sites for hydroxylation is 1. The summed E-state index contributed by atoms with van der Waals surface area (Å²) >= 11 is 0. The van der Waals surface area contributed by atoms with E-state index in [9.17, 15) is 0 Å². The first kappa shape index (κ1) is 25.7. The maximum absolute atomic E-state index is 6.67. The van der Waals surface area contributed by atoms with Crippen molar-refractivity contribution in [2.75, 3.05) is 36.0 Å². The predicted octanol–water partition coefficient (Wildman–Crippen LogP) is 5.33. The molecule has 1 aliphatic carbocycles. The van der Waals surface area contributed by atoms with Crippen LogP contribution in [-0.2, 0) is 12.8 Å². The smallest absolute Gasteiger partial charge is 0.228 e. The Kier molecular flexibility index (Phi) is 10.3. The Balaban J connectivity index is 1.45. The summed E-state index contributed by atoms with van der Waals surface area (Å²) in [7, 11) is 0. The lowest BCUT2D eigenvalue weighted by atomic mass is 9.96. The topological polar surface area (TPSA) is 70.3 Å². The maximum Gasteiger partial charge on any atom is 0.228 e. The zero-order valence-electron chi connectivity index (χ0n) is 21.9. The minimum atomic E-state index is 0.138. The SMILES string of the molecule is CCCCCCCCCNC1C(N)CCCN1c1nc2c(c(N3CCCCCC3)n1)CCCC2. The molecule has 2 saturated heterocycles. The normalized spacial score (nSPS) is 23.6. The number of nitrogens with two attached hydrogens (primary N) is 1. The van der Waals surface area contributed by atoms with Crippen LogP contribution in [0.3, 0.4) is 0 Å². The molecule has 192 valence electrons. The van der Waals surface area contributed by atoms with Gasteiger partial charge in [0.2, 0.25) is 5.95 Å². The van der Waals surface area contributed by atoms with Crippen molar-refractivity contribution in [3.05, 3.63) is 11.3 Å². The molecule has 3 N–H and O–H groups in total. The highest BCUT2D eigenvalue weighted by Gasteiger charge is 2.32. The van der Waals surface area contributed by atoms with Crippen LogP contribution in [0.2, 0.25) is 0 Å². The molecule has 3 heterocycles. The van der Waals surface area contributed by atoms with E-state index < -0.39 is 0 Å². The fourth-order valence-corrected chi connectivity index (χ4v) is 6.08. The van der Waals surface area contributed by atoms with Crippen molar-refractivity contribution in [3.63, 3.8) is 0 Å². The summed E-state index contributed by atoms with van der Waals surface area (Å²) in [5.41, 5.74) is 9.41. The maximum atomic E-state index is 6.67. The van der Waals surface area contributed by atoms with Crippen LogP contribution < -0.4 is 20.9 Å². The summed E-state index contributed by atoms with van der Waals surface area (Å²) in [6.07, 6.45) is 21.7. The Morgan fingerprint density at radius 2 is 1.56 bits per heavy atom. The fraction of sp³-hybridized carbons (Fsp3) is 0.857. The third-order valence-electron chi connectivity index (χ3n) is 8.12. The first-order valence-corrected chi connectivity index (χ1v) is 14.7. The van der Waals surface area contributed by atoms with Gasteiger partial charge in [-0.2, -0.15) is 4.98 Å². The van der Waals surface area contributed by atoms with E-state index in [4.69, 9.17) is 15.7 Å². The zero-order chi connectivity index (χ0) is 23.6. The molecular formula is C28H50N6. The van der Waals surface area contributed by atoms with Crippen LogP contribution in [0.4, 0.5) is 11.8 Å². The van der Waals surface area contributed by atoms with Crippen molar-refractivity contribution in [1.29, 1.82) is 0 Å². The number of piperidine rings is 1. The van der Waals surface area contributed by atoms with E-state index in [-0.39, 0.29) is 12.2 Å². The molecule has 3 aliphatic rings.